The molecule has 0 radical (unpaired) electrons. The first-order chi connectivity index (χ1) is 7.56. The minimum absolute atomic E-state index is 0.329. The smallest absolute Gasteiger partial charge is 0.307 e. The van der Waals surface area contributed by atoms with Gasteiger partial charge in [-0.25, -0.2) is 0 Å². The van der Waals surface area contributed by atoms with Crippen molar-refractivity contribution in [2.24, 2.45) is 5.92 Å². The Morgan fingerprint density at radius 3 is 2.25 bits per heavy atom. The predicted octanol–water partition coefficient (Wildman–Crippen LogP) is 2.73. The lowest BCUT2D eigenvalue weighted by atomic mass is 9.87. The lowest BCUT2D eigenvalue weighted by Gasteiger charge is -2.18. The predicted molar refractivity (Wildman–Crippen MR) is 60.8 cm³/mol. The minimum atomic E-state index is -0.632. The fourth-order valence-electron chi connectivity index (χ4n) is 1.76. The van der Waals surface area contributed by atoms with E-state index in [2.05, 4.69) is 11.3 Å². The maximum absolute atomic E-state index is 10.3. The van der Waals surface area contributed by atoms with Crippen molar-refractivity contribution in [1.82, 2.24) is 0 Å². The van der Waals surface area contributed by atoms with Gasteiger partial charge in [-0.15, -0.1) is 0 Å². The molecule has 0 aliphatic heterocycles. The topological polar surface area (TPSA) is 63.6 Å². The SMILES string of the molecule is C=COC(C)=O.O=C(O)CC1CCCCC1. The third-order valence-electron chi connectivity index (χ3n) is 2.44. The zero-order valence-corrected chi connectivity index (χ0v) is 9.78. The van der Waals surface area contributed by atoms with Crippen LogP contribution in [-0.4, -0.2) is 17.0 Å². The number of hydrogen-bond donors (Lipinski definition) is 1. The summed E-state index contributed by atoms with van der Waals surface area (Å²) in [5.74, 6) is -0.483. The first-order valence-electron chi connectivity index (χ1n) is 5.56. The molecule has 0 amide bonds. The average molecular weight is 228 g/mol. The molecule has 0 aromatic heterocycles. The van der Waals surface area contributed by atoms with Gasteiger partial charge in [-0.2, -0.15) is 0 Å². The van der Waals surface area contributed by atoms with E-state index in [4.69, 9.17) is 5.11 Å². The first-order valence-corrected chi connectivity index (χ1v) is 5.56. The molecule has 0 aromatic carbocycles. The molecule has 0 aromatic rings. The summed E-state index contributed by atoms with van der Waals surface area (Å²) in [6, 6.07) is 0. The molecule has 0 atom stereocenters. The number of hydrogen-bond acceptors (Lipinski definition) is 3. The van der Waals surface area contributed by atoms with Crippen LogP contribution in [-0.2, 0) is 14.3 Å². The van der Waals surface area contributed by atoms with E-state index >= 15 is 0 Å². The van der Waals surface area contributed by atoms with Gasteiger partial charge in [-0.1, -0.05) is 25.8 Å². The van der Waals surface area contributed by atoms with Crippen molar-refractivity contribution in [3.05, 3.63) is 12.8 Å². The molecule has 4 nitrogen and oxygen atoms in total. The van der Waals surface area contributed by atoms with Crippen LogP contribution in [0.25, 0.3) is 0 Å². The first kappa shape index (κ1) is 14.7. The van der Waals surface area contributed by atoms with Gasteiger partial charge in [0.15, 0.2) is 0 Å². The number of carboxylic acid groups (broad SMARTS) is 1. The van der Waals surface area contributed by atoms with Gasteiger partial charge < -0.3 is 9.84 Å². The molecule has 4 heteroatoms. The number of carboxylic acids is 1. The Morgan fingerprint density at radius 1 is 1.38 bits per heavy atom. The highest BCUT2D eigenvalue weighted by Gasteiger charge is 2.15. The number of carbonyl (C=O) groups excluding carboxylic acids is 1. The van der Waals surface area contributed by atoms with Gasteiger partial charge in [-0.05, 0) is 18.8 Å². The monoisotopic (exact) mass is 228 g/mol. The van der Waals surface area contributed by atoms with Crippen molar-refractivity contribution in [3.63, 3.8) is 0 Å². The average Bonchev–Trinajstić information content (AvgIpc) is 2.18. The standard InChI is InChI=1S/C8H14O2.C4H6O2/c9-8(10)6-7-4-2-1-3-5-7;1-3-6-4(2)5/h7H,1-6H2,(H,9,10);3H,1H2,2H3. The number of carbonyl (C=O) groups is 2. The molecule has 0 saturated heterocycles. The maximum atomic E-state index is 10.3. The van der Waals surface area contributed by atoms with Crippen LogP contribution < -0.4 is 0 Å². The van der Waals surface area contributed by atoms with Crippen LogP contribution in [0.3, 0.4) is 0 Å². The van der Waals surface area contributed by atoms with Crippen molar-refractivity contribution in [1.29, 1.82) is 0 Å². The zero-order valence-electron chi connectivity index (χ0n) is 9.78. The molecule has 92 valence electrons. The molecule has 0 unspecified atom stereocenters. The van der Waals surface area contributed by atoms with E-state index in [0.717, 1.165) is 19.1 Å². The normalized spacial score (nSPS) is 15.6. The van der Waals surface area contributed by atoms with Crippen molar-refractivity contribution >= 4 is 11.9 Å². The Bertz CT molecular complexity index is 229. The van der Waals surface area contributed by atoms with Gasteiger partial charge >= 0.3 is 11.9 Å². The van der Waals surface area contributed by atoms with Crippen LogP contribution in [0, 0.1) is 5.92 Å². The summed E-state index contributed by atoms with van der Waals surface area (Å²) in [7, 11) is 0. The molecular formula is C12H20O4. The van der Waals surface area contributed by atoms with Gasteiger partial charge in [0.2, 0.25) is 0 Å². The van der Waals surface area contributed by atoms with Crippen LogP contribution in [0.2, 0.25) is 0 Å². The van der Waals surface area contributed by atoms with Gasteiger partial charge in [0, 0.05) is 13.3 Å². The third kappa shape index (κ3) is 9.24. The molecule has 0 spiro atoms. The second-order valence-corrected chi connectivity index (χ2v) is 3.88. The van der Waals surface area contributed by atoms with Crippen molar-refractivity contribution in [2.75, 3.05) is 0 Å². The maximum Gasteiger partial charge on any atom is 0.307 e. The van der Waals surface area contributed by atoms with Gasteiger partial charge in [0.25, 0.3) is 0 Å². The summed E-state index contributed by atoms with van der Waals surface area (Å²) in [4.78, 5) is 20.0. The van der Waals surface area contributed by atoms with E-state index in [1.165, 1.54) is 26.2 Å². The van der Waals surface area contributed by atoms with E-state index in [1.807, 2.05) is 0 Å². The number of esters is 1. The molecule has 1 aliphatic rings. The Kier molecular flexibility index (Phi) is 8.21. The van der Waals surface area contributed by atoms with E-state index in [9.17, 15) is 9.59 Å². The molecule has 0 heterocycles. The Balaban J connectivity index is 0.000000325. The third-order valence-corrected chi connectivity index (χ3v) is 2.44. The fraction of sp³-hybridized carbons (Fsp3) is 0.667. The highest BCUT2D eigenvalue weighted by molar-refractivity contribution is 5.67. The molecular weight excluding hydrogens is 208 g/mol. The van der Waals surface area contributed by atoms with Crippen LogP contribution >= 0.6 is 0 Å². The molecule has 1 fully saturated rings. The van der Waals surface area contributed by atoms with Crippen molar-refractivity contribution in [2.45, 2.75) is 45.4 Å². The van der Waals surface area contributed by atoms with Gasteiger partial charge in [0.05, 0.1) is 6.26 Å². The van der Waals surface area contributed by atoms with Crippen molar-refractivity contribution < 1.29 is 19.4 Å². The highest BCUT2D eigenvalue weighted by Crippen LogP contribution is 2.25. The van der Waals surface area contributed by atoms with Gasteiger partial charge in [0.1, 0.15) is 0 Å². The fourth-order valence-corrected chi connectivity index (χ4v) is 1.76. The largest absolute Gasteiger partial charge is 0.481 e. The number of aliphatic carboxylic acids is 1. The Hall–Kier alpha value is -1.32. The van der Waals surface area contributed by atoms with Crippen LogP contribution in [0.4, 0.5) is 0 Å². The lowest BCUT2D eigenvalue weighted by Crippen LogP contribution is -2.10. The van der Waals surface area contributed by atoms with Crippen LogP contribution in [0.5, 0.6) is 0 Å². The lowest BCUT2D eigenvalue weighted by molar-refractivity contribution is -0.138. The quantitative estimate of drug-likeness (QED) is 0.596. The van der Waals surface area contributed by atoms with E-state index < -0.39 is 5.97 Å². The van der Waals surface area contributed by atoms with E-state index in [0.29, 0.717) is 12.3 Å². The molecule has 0 bridgehead atoms. The minimum Gasteiger partial charge on any atom is -0.481 e. The number of ether oxygens (including phenoxy) is 1. The zero-order chi connectivity index (χ0) is 12.4. The van der Waals surface area contributed by atoms with Crippen LogP contribution in [0.15, 0.2) is 12.8 Å². The molecule has 1 saturated carbocycles. The Labute approximate surface area is 96.3 Å². The summed E-state index contributed by atoms with van der Waals surface area (Å²) in [5, 5.41) is 8.47. The summed E-state index contributed by atoms with van der Waals surface area (Å²) >= 11 is 0. The molecule has 1 N–H and O–H groups in total. The highest BCUT2D eigenvalue weighted by atomic mass is 16.5. The second kappa shape index (κ2) is 8.95. The van der Waals surface area contributed by atoms with Crippen molar-refractivity contribution in [3.8, 4) is 0 Å². The summed E-state index contributed by atoms with van der Waals surface area (Å²) in [6.07, 6.45) is 7.52. The molecule has 1 aliphatic carbocycles. The summed E-state index contributed by atoms with van der Waals surface area (Å²) in [5.41, 5.74) is 0. The van der Waals surface area contributed by atoms with Gasteiger partial charge in [-0.3, -0.25) is 9.59 Å². The molecule has 1 rings (SSSR count). The van der Waals surface area contributed by atoms with E-state index in [1.54, 1.807) is 0 Å². The van der Waals surface area contributed by atoms with E-state index in [-0.39, 0.29) is 5.97 Å². The summed E-state index contributed by atoms with van der Waals surface area (Å²) in [6.45, 7) is 4.48. The molecule has 16 heavy (non-hydrogen) atoms. The number of rotatable bonds is 3. The summed E-state index contributed by atoms with van der Waals surface area (Å²) < 4.78 is 4.17. The second-order valence-electron chi connectivity index (χ2n) is 3.88. The Morgan fingerprint density at radius 2 is 1.94 bits per heavy atom. The van der Waals surface area contributed by atoms with Crippen LogP contribution in [0.1, 0.15) is 45.4 Å².